The summed E-state index contributed by atoms with van der Waals surface area (Å²) in [6.07, 6.45) is 53.5. The average molecular weight is 840 g/mol. The van der Waals surface area contributed by atoms with Crippen molar-refractivity contribution in [2.45, 2.75) is 199 Å². The molecule has 0 saturated carbocycles. The zero-order chi connectivity index (χ0) is 44.2. The summed E-state index contributed by atoms with van der Waals surface area (Å²) in [7, 11) is 5.39. The van der Waals surface area contributed by atoms with Crippen LogP contribution in [0, 0.1) is 0 Å². The molecule has 0 aliphatic heterocycles. The van der Waals surface area contributed by atoms with E-state index in [0.717, 1.165) is 89.9 Å². The van der Waals surface area contributed by atoms with Crippen molar-refractivity contribution in [3.63, 3.8) is 0 Å². The van der Waals surface area contributed by atoms with Gasteiger partial charge in [-0.05, 0) is 64.2 Å². The lowest BCUT2D eigenvalue weighted by atomic mass is 10.1. The van der Waals surface area contributed by atoms with Gasteiger partial charge in [0.15, 0.2) is 6.10 Å². The fourth-order valence-electron chi connectivity index (χ4n) is 6.66. The highest BCUT2D eigenvalue weighted by Crippen LogP contribution is 2.13. The molecule has 0 saturated heterocycles. The van der Waals surface area contributed by atoms with Gasteiger partial charge in [0, 0.05) is 19.3 Å². The molecular formula is C52H89NO7. The number of quaternary nitrogens is 1. The Labute approximate surface area is 368 Å². The van der Waals surface area contributed by atoms with Gasteiger partial charge in [-0.1, -0.05) is 177 Å². The van der Waals surface area contributed by atoms with E-state index in [1.54, 1.807) is 21.1 Å². The lowest BCUT2D eigenvalue weighted by molar-refractivity contribution is -0.889. The van der Waals surface area contributed by atoms with E-state index in [-0.39, 0.29) is 42.7 Å². The predicted molar refractivity (Wildman–Crippen MR) is 249 cm³/mol. The third-order valence-electron chi connectivity index (χ3n) is 10.4. The predicted octanol–water partition coefficient (Wildman–Crippen LogP) is 12.2. The largest absolute Gasteiger partial charge is 0.544 e. The molecule has 0 amide bonds. The molecule has 8 nitrogen and oxygen atoms in total. The van der Waals surface area contributed by atoms with Gasteiger partial charge in [0.25, 0.3) is 0 Å². The van der Waals surface area contributed by atoms with Crippen LogP contribution in [0.2, 0.25) is 0 Å². The summed E-state index contributed by atoms with van der Waals surface area (Å²) in [5, 5.41) is 11.6. The van der Waals surface area contributed by atoms with Gasteiger partial charge in [-0.2, -0.15) is 0 Å². The molecule has 0 rings (SSSR count). The summed E-state index contributed by atoms with van der Waals surface area (Å²) in [6, 6.07) is -0.736. The number of rotatable bonds is 42. The van der Waals surface area contributed by atoms with E-state index in [2.05, 4.69) is 80.7 Å². The molecule has 2 unspecified atom stereocenters. The number of carboxylic acids is 1. The Balaban J connectivity index is 4.40. The maximum atomic E-state index is 12.8. The van der Waals surface area contributed by atoms with E-state index in [1.807, 2.05) is 6.08 Å². The molecule has 0 N–H and O–H groups in total. The summed E-state index contributed by atoms with van der Waals surface area (Å²) in [6.45, 7) is 4.57. The standard InChI is InChI=1S/C52H89NO7/c1-6-8-10-12-14-16-18-20-22-24-26-28-30-32-34-36-38-40-42-50(54)59-47-48(46-58-45-44-49(52(56)57)53(3,4)5)60-51(55)43-41-39-37-35-33-31-29-27-25-23-21-19-17-15-13-11-9-7-2/h14,16,18,20,22-29,48-49H,6-13,15,17,19,21,30-47H2,1-5H3/b16-14+,20-18+,24-22+,25-23+,28-26+,29-27+. The van der Waals surface area contributed by atoms with Crippen LogP contribution in [0.5, 0.6) is 0 Å². The number of allylic oxidation sites excluding steroid dienone is 12. The Morgan fingerprint density at radius 1 is 0.500 bits per heavy atom. The number of hydrogen-bond acceptors (Lipinski definition) is 7. The molecule has 0 aliphatic rings. The maximum absolute atomic E-state index is 12.8. The number of carbonyl (C=O) groups is 3. The van der Waals surface area contributed by atoms with Gasteiger partial charge in [-0.15, -0.1) is 0 Å². The first-order chi connectivity index (χ1) is 29.1. The highest BCUT2D eigenvalue weighted by molar-refractivity contribution is 5.70. The maximum Gasteiger partial charge on any atom is 0.306 e. The SMILES string of the molecule is CCCCC/C=C/C=C/C=C/C=C/CCCCCCCC(=O)OCC(COCCC(C(=O)[O-])[N+](C)(C)C)OC(=O)CCCCCCC/C=C/C=C/CCCCCCCCC. The summed E-state index contributed by atoms with van der Waals surface area (Å²) in [5.41, 5.74) is 0. The van der Waals surface area contributed by atoms with Gasteiger partial charge >= 0.3 is 11.9 Å². The molecule has 0 aromatic carbocycles. The van der Waals surface area contributed by atoms with Crippen LogP contribution in [0.4, 0.5) is 0 Å². The summed E-state index contributed by atoms with van der Waals surface area (Å²) < 4.78 is 17.2. The van der Waals surface area contributed by atoms with Crippen molar-refractivity contribution in [2.75, 3.05) is 41.0 Å². The van der Waals surface area contributed by atoms with Crippen molar-refractivity contribution >= 4 is 17.9 Å². The number of hydrogen-bond donors (Lipinski definition) is 0. The number of aliphatic carboxylic acids is 1. The topological polar surface area (TPSA) is 102 Å². The smallest absolute Gasteiger partial charge is 0.306 e. The Morgan fingerprint density at radius 2 is 0.883 bits per heavy atom. The minimum absolute atomic E-state index is 0.0231. The molecule has 0 spiro atoms. The van der Waals surface area contributed by atoms with Gasteiger partial charge in [0.2, 0.25) is 0 Å². The van der Waals surface area contributed by atoms with Gasteiger partial charge < -0.3 is 28.6 Å². The van der Waals surface area contributed by atoms with E-state index < -0.39 is 18.1 Å². The second-order valence-corrected chi connectivity index (χ2v) is 17.1. The normalized spacial score (nSPS) is 13.6. The molecular weight excluding hydrogens is 751 g/mol. The molecule has 60 heavy (non-hydrogen) atoms. The zero-order valence-corrected chi connectivity index (χ0v) is 39.1. The second kappa shape index (κ2) is 42.5. The Kier molecular flexibility index (Phi) is 40.2. The zero-order valence-electron chi connectivity index (χ0n) is 39.1. The molecule has 0 heterocycles. The van der Waals surface area contributed by atoms with Crippen LogP contribution in [0.25, 0.3) is 0 Å². The minimum Gasteiger partial charge on any atom is -0.544 e. The van der Waals surface area contributed by atoms with Crippen molar-refractivity contribution in [1.29, 1.82) is 0 Å². The van der Waals surface area contributed by atoms with Gasteiger partial charge in [-0.3, -0.25) is 9.59 Å². The summed E-state index contributed by atoms with van der Waals surface area (Å²) in [4.78, 5) is 36.9. The van der Waals surface area contributed by atoms with Crippen LogP contribution >= 0.6 is 0 Å². The number of likely N-dealkylation sites (N-methyl/N-ethyl adjacent to an activating group) is 1. The van der Waals surface area contributed by atoms with Crippen molar-refractivity contribution in [1.82, 2.24) is 0 Å². The molecule has 8 heteroatoms. The molecule has 2 atom stereocenters. The molecule has 344 valence electrons. The number of ether oxygens (including phenoxy) is 3. The van der Waals surface area contributed by atoms with Crippen molar-refractivity contribution < 1.29 is 38.2 Å². The van der Waals surface area contributed by atoms with Gasteiger partial charge in [0.05, 0.1) is 40.3 Å². The first-order valence-corrected chi connectivity index (χ1v) is 24.0. The summed E-state index contributed by atoms with van der Waals surface area (Å²) >= 11 is 0. The van der Waals surface area contributed by atoms with E-state index >= 15 is 0 Å². The van der Waals surface area contributed by atoms with Crippen molar-refractivity contribution in [3.8, 4) is 0 Å². The molecule has 0 radical (unpaired) electrons. The third kappa shape index (κ3) is 40.2. The second-order valence-electron chi connectivity index (χ2n) is 17.1. The van der Waals surface area contributed by atoms with Gasteiger partial charge in [-0.25, -0.2) is 0 Å². The number of nitrogens with zero attached hydrogens (tertiary/aromatic N) is 1. The van der Waals surface area contributed by atoms with Crippen LogP contribution in [0.15, 0.2) is 72.9 Å². The van der Waals surface area contributed by atoms with Crippen LogP contribution in [0.3, 0.4) is 0 Å². The van der Waals surface area contributed by atoms with Crippen LogP contribution in [-0.4, -0.2) is 75.5 Å². The molecule has 0 bridgehead atoms. The lowest BCUT2D eigenvalue weighted by Crippen LogP contribution is -2.55. The van der Waals surface area contributed by atoms with Crippen molar-refractivity contribution in [3.05, 3.63) is 72.9 Å². The van der Waals surface area contributed by atoms with Crippen LogP contribution in [0.1, 0.15) is 187 Å². The Morgan fingerprint density at radius 3 is 1.35 bits per heavy atom. The first-order valence-electron chi connectivity index (χ1n) is 24.0. The number of esters is 2. The van der Waals surface area contributed by atoms with Gasteiger partial charge in [0.1, 0.15) is 12.6 Å². The average Bonchev–Trinajstić information content (AvgIpc) is 3.21. The van der Waals surface area contributed by atoms with E-state index in [0.29, 0.717) is 12.8 Å². The molecule has 0 aromatic heterocycles. The quantitative estimate of drug-likeness (QED) is 0.0261. The van der Waals surface area contributed by atoms with E-state index in [4.69, 9.17) is 14.2 Å². The third-order valence-corrected chi connectivity index (χ3v) is 10.4. The fourth-order valence-corrected chi connectivity index (χ4v) is 6.66. The fraction of sp³-hybridized carbons (Fsp3) is 0.712. The highest BCUT2D eigenvalue weighted by atomic mass is 16.6. The highest BCUT2D eigenvalue weighted by Gasteiger charge is 2.25. The number of unbranched alkanes of at least 4 members (excludes halogenated alkanes) is 20. The summed E-state index contributed by atoms with van der Waals surface area (Å²) in [5.74, 6) is -1.79. The van der Waals surface area contributed by atoms with E-state index in [9.17, 15) is 19.5 Å². The number of carboxylic acid groups (broad SMARTS) is 1. The lowest BCUT2D eigenvalue weighted by Gasteiger charge is -2.34. The monoisotopic (exact) mass is 840 g/mol. The van der Waals surface area contributed by atoms with Crippen LogP contribution in [-0.2, 0) is 28.6 Å². The van der Waals surface area contributed by atoms with E-state index in [1.165, 1.54) is 64.2 Å². The molecule has 0 aromatic rings. The Hall–Kier alpha value is -3.23. The molecule has 0 fully saturated rings. The Bertz CT molecular complexity index is 1210. The first kappa shape index (κ1) is 56.8. The van der Waals surface area contributed by atoms with Crippen molar-refractivity contribution in [2.24, 2.45) is 0 Å². The molecule has 0 aliphatic carbocycles. The van der Waals surface area contributed by atoms with Crippen LogP contribution < -0.4 is 5.11 Å². The minimum atomic E-state index is -1.13. The number of carbonyl (C=O) groups excluding carboxylic acids is 3.